The summed E-state index contributed by atoms with van der Waals surface area (Å²) in [5.74, 6) is 0. The van der Waals surface area contributed by atoms with Crippen molar-refractivity contribution in [2.75, 3.05) is 6.61 Å². The Morgan fingerprint density at radius 2 is 1.75 bits per heavy atom. The summed E-state index contributed by atoms with van der Waals surface area (Å²) in [6, 6.07) is 3.84. The fraction of sp³-hybridized carbons (Fsp3) is 0.400. The van der Waals surface area contributed by atoms with Gasteiger partial charge in [-0.05, 0) is 18.6 Å². The molecule has 0 aromatic heterocycles. The third kappa shape index (κ3) is 5.13. The van der Waals surface area contributed by atoms with E-state index >= 15 is 0 Å². The van der Waals surface area contributed by atoms with Crippen LogP contribution in [0.5, 0.6) is 0 Å². The highest BCUT2D eigenvalue weighted by atomic mass is 32.2. The molecule has 1 aromatic rings. The molecule has 0 radical (unpaired) electrons. The second-order valence-corrected chi connectivity index (χ2v) is 5.36. The van der Waals surface area contributed by atoms with Gasteiger partial charge in [0.2, 0.25) is 0 Å². The molecule has 0 unspecified atom stereocenters. The Labute approximate surface area is 112 Å². The van der Waals surface area contributed by atoms with Gasteiger partial charge in [-0.15, -0.1) is 0 Å². The SMILES string of the molecule is O=[N+]([O-])c1ccc(S(=O)(=O)OCCCC(F)(F)F)cc1. The lowest BCUT2D eigenvalue weighted by Gasteiger charge is -2.07. The van der Waals surface area contributed by atoms with Crippen molar-refractivity contribution >= 4 is 15.8 Å². The first-order chi connectivity index (χ1) is 9.12. The van der Waals surface area contributed by atoms with Gasteiger partial charge in [0.05, 0.1) is 16.4 Å². The molecule has 0 fully saturated rings. The molecule has 0 heterocycles. The van der Waals surface area contributed by atoms with Gasteiger partial charge >= 0.3 is 6.18 Å². The number of nitro groups is 1. The van der Waals surface area contributed by atoms with Gasteiger partial charge in [-0.3, -0.25) is 14.3 Å². The van der Waals surface area contributed by atoms with Crippen molar-refractivity contribution in [2.24, 2.45) is 0 Å². The zero-order valence-corrected chi connectivity index (χ0v) is 10.8. The summed E-state index contributed by atoms with van der Waals surface area (Å²) in [5.41, 5.74) is -0.305. The Bertz CT molecular complexity index is 568. The van der Waals surface area contributed by atoms with Crippen LogP contribution >= 0.6 is 0 Å². The Hall–Kier alpha value is -1.68. The fourth-order valence-corrected chi connectivity index (χ4v) is 2.19. The molecule has 0 bridgehead atoms. The average molecular weight is 313 g/mol. The summed E-state index contributed by atoms with van der Waals surface area (Å²) >= 11 is 0. The average Bonchev–Trinajstić information content (AvgIpc) is 2.34. The zero-order chi connectivity index (χ0) is 15.4. The van der Waals surface area contributed by atoms with Gasteiger partial charge in [0.15, 0.2) is 0 Å². The third-order valence-corrected chi connectivity index (χ3v) is 3.51. The van der Waals surface area contributed by atoms with Crippen LogP contribution in [0.4, 0.5) is 18.9 Å². The van der Waals surface area contributed by atoms with Crippen LogP contribution in [0.3, 0.4) is 0 Å². The van der Waals surface area contributed by atoms with Gasteiger partial charge < -0.3 is 0 Å². The van der Waals surface area contributed by atoms with E-state index in [-0.39, 0.29) is 10.6 Å². The summed E-state index contributed by atoms with van der Waals surface area (Å²) in [6.07, 6.45) is -6.01. The molecule has 1 aromatic carbocycles. The van der Waals surface area contributed by atoms with E-state index < -0.39 is 40.7 Å². The highest BCUT2D eigenvalue weighted by Gasteiger charge is 2.26. The van der Waals surface area contributed by atoms with Crippen molar-refractivity contribution < 1.29 is 30.7 Å². The number of nitro benzene ring substituents is 1. The first-order valence-corrected chi connectivity index (χ1v) is 6.73. The number of rotatable bonds is 6. The molecule has 0 saturated heterocycles. The van der Waals surface area contributed by atoms with Crippen LogP contribution in [0.2, 0.25) is 0 Å². The smallest absolute Gasteiger partial charge is 0.266 e. The van der Waals surface area contributed by atoms with Crippen molar-refractivity contribution in [1.29, 1.82) is 0 Å². The standard InChI is InChI=1S/C10H10F3NO5S/c11-10(12,13)6-1-7-19-20(17,18)9-4-2-8(3-5-9)14(15)16/h2-5H,1,6-7H2. The summed E-state index contributed by atoms with van der Waals surface area (Å²) in [5, 5.41) is 10.4. The number of non-ortho nitro benzene ring substituents is 1. The Morgan fingerprint density at radius 3 is 2.20 bits per heavy atom. The van der Waals surface area contributed by atoms with Crippen LogP contribution in [0, 0.1) is 10.1 Å². The predicted molar refractivity (Wildman–Crippen MR) is 61.5 cm³/mol. The molecule has 0 atom stereocenters. The maximum Gasteiger partial charge on any atom is 0.389 e. The number of benzene rings is 1. The normalized spacial score (nSPS) is 12.3. The first-order valence-electron chi connectivity index (χ1n) is 5.32. The first kappa shape index (κ1) is 16.4. The van der Waals surface area contributed by atoms with Gasteiger partial charge in [0, 0.05) is 18.6 Å². The second-order valence-electron chi connectivity index (χ2n) is 3.75. The fourth-order valence-electron chi connectivity index (χ4n) is 1.24. The molecule has 0 spiro atoms. The molecule has 0 aliphatic rings. The van der Waals surface area contributed by atoms with E-state index in [0.717, 1.165) is 24.3 Å². The van der Waals surface area contributed by atoms with E-state index in [1.165, 1.54) is 0 Å². The van der Waals surface area contributed by atoms with Crippen LogP contribution in [0.25, 0.3) is 0 Å². The minimum atomic E-state index is -4.37. The second kappa shape index (κ2) is 6.18. The quantitative estimate of drug-likeness (QED) is 0.349. The van der Waals surface area contributed by atoms with Gasteiger partial charge in [-0.25, -0.2) is 0 Å². The maximum atomic E-state index is 11.8. The summed E-state index contributed by atoms with van der Waals surface area (Å²) in [4.78, 5) is 9.33. The molecule has 0 aliphatic heterocycles. The van der Waals surface area contributed by atoms with Crippen molar-refractivity contribution in [2.45, 2.75) is 23.9 Å². The highest BCUT2D eigenvalue weighted by Crippen LogP contribution is 2.22. The highest BCUT2D eigenvalue weighted by molar-refractivity contribution is 7.86. The van der Waals surface area contributed by atoms with Gasteiger partial charge in [-0.2, -0.15) is 21.6 Å². The molecule has 1 rings (SSSR count). The van der Waals surface area contributed by atoms with Crippen LogP contribution in [-0.2, 0) is 14.3 Å². The molecule has 10 heteroatoms. The third-order valence-electron chi connectivity index (χ3n) is 2.18. The van der Waals surface area contributed by atoms with E-state index in [4.69, 9.17) is 0 Å². The van der Waals surface area contributed by atoms with Crippen molar-refractivity contribution in [3.8, 4) is 0 Å². The molecule has 6 nitrogen and oxygen atoms in total. The van der Waals surface area contributed by atoms with Crippen molar-refractivity contribution in [1.82, 2.24) is 0 Å². The van der Waals surface area contributed by atoms with Crippen LogP contribution in [0.1, 0.15) is 12.8 Å². The van der Waals surface area contributed by atoms with Crippen LogP contribution in [0.15, 0.2) is 29.2 Å². The minimum Gasteiger partial charge on any atom is -0.266 e. The van der Waals surface area contributed by atoms with E-state index in [0.29, 0.717) is 0 Å². The van der Waals surface area contributed by atoms with Gasteiger partial charge in [-0.1, -0.05) is 0 Å². The number of halogens is 3. The largest absolute Gasteiger partial charge is 0.389 e. The molecule has 0 saturated carbocycles. The summed E-state index contributed by atoms with van der Waals surface area (Å²) in [7, 11) is -4.21. The summed E-state index contributed by atoms with van der Waals surface area (Å²) in [6.45, 7) is -0.612. The maximum absolute atomic E-state index is 11.8. The van der Waals surface area contributed by atoms with E-state index in [1.54, 1.807) is 0 Å². The molecular formula is C10H10F3NO5S. The Morgan fingerprint density at radius 1 is 1.20 bits per heavy atom. The number of hydrogen-bond acceptors (Lipinski definition) is 5. The van der Waals surface area contributed by atoms with Crippen molar-refractivity contribution in [3.05, 3.63) is 34.4 Å². The van der Waals surface area contributed by atoms with Crippen molar-refractivity contribution in [3.63, 3.8) is 0 Å². The Balaban J connectivity index is 2.62. The molecule has 0 amide bonds. The van der Waals surface area contributed by atoms with E-state index in [9.17, 15) is 31.7 Å². The predicted octanol–water partition coefficient (Wildman–Crippen LogP) is 2.64. The molecule has 112 valence electrons. The molecule has 20 heavy (non-hydrogen) atoms. The molecular weight excluding hydrogens is 303 g/mol. The van der Waals surface area contributed by atoms with E-state index in [1.807, 2.05) is 0 Å². The number of hydrogen-bond donors (Lipinski definition) is 0. The van der Waals surface area contributed by atoms with Crippen LogP contribution in [-0.4, -0.2) is 26.1 Å². The van der Waals surface area contributed by atoms with Gasteiger partial charge in [0.25, 0.3) is 15.8 Å². The summed E-state index contributed by atoms with van der Waals surface area (Å²) < 4.78 is 63.1. The van der Waals surface area contributed by atoms with E-state index in [2.05, 4.69) is 4.18 Å². The van der Waals surface area contributed by atoms with Crippen LogP contribution < -0.4 is 0 Å². The number of nitrogens with zero attached hydrogens (tertiary/aromatic N) is 1. The molecule has 0 aliphatic carbocycles. The lowest BCUT2D eigenvalue weighted by atomic mass is 10.3. The van der Waals surface area contributed by atoms with Gasteiger partial charge in [0.1, 0.15) is 0 Å². The monoisotopic (exact) mass is 313 g/mol. The minimum absolute atomic E-state index is 0.305. The lowest BCUT2D eigenvalue weighted by Crippen LogP contribution is -2.12. The number of alkyl halides is 3. The lowest BCUT2D eigenvalue weighted by molar-refractivity contribution is -0.384. The Kier molecular flexibility index (Phi) is 5.06. The molecule has 0 N–H and O–H groups in total. The topological polar surface area (TPSA) is 86.5 Å². The zero-order valence-electron chi connectivity index (χ0n) is 9.96.